The molecule has 0 bridgehead atoms. The lowest BCUT2D eigenvalue weighted by atomic mass is 10.1. The molecule has 1 aromatic rings. The van der Waals surface area contributed by atoms with Crippen LogP contribution in [0.2, 0.25) is 0 Å². The number of rotatable bonds is 6. The summed E-state index contributed by atoms with van der Waals surface area (Å²) in [5.41, 5.74) is 1.07. The Morgan fingerprint density at radius 1 is 1.53 bits per heavy atom. The lowest BCUT2D eigenvalue weighted by Crippen LogP contribution is -2.15. The van der Waals surface area contributed by atoms with Crippen LogP contribution < -0.4 is 4.74 Å². The Labute approximate surface area is 112 Å². The summed E-state index contributed by atoms with van der Waals surface area (Å²) in [4.78, 5) is 10.5. The average Bonchev–Trinajstić information content (AvgIpc) is 2.84. The summed E-state index contributed by atoms with van der Waals surface area (Å²) in [6, 6.07) is 7.73. The van der Waals surface area contributed by atoms with E-state index in [1.807, 2.05) is 24.3 Å². The van der Waals surface area contributed by atoms with E-state index in [1.165, 1.54) is 0 Å². The van der Waals surface area contributed by atoms with E-state index in [0.29, 0.717) is 19.4 Å². The summed E-state index contributed by atoms with van der Waals surface area (Å²) in [6.45, 7) is 0.460. The maximum Gasteiger partial charge on any atom is 0.303 e. The summed E-state index contributed by atoms with van der Waals surface area (Å²) in [5, 5.41) is 8.62. The number of carboxylic acid groups (broad SMARTS) is 1. The highest BCUT2D eigenvalue weighted by atomic mass is 16.7. The Morgan fingerprint density at radius 3 is 3.11 bits per heavy atom. The minimum atomic E-state index is -0.806. The van der Waals surface area contributed by atoms with Crippen LogP contribution in [0.3, 0.4) is 0 Å². The van der Waals surface area contributed by atoms with Crippen molar-refractivity contribution in [3.63, 3.8) is 0 Å². The van der Waals surface area contributed by atoms with Gasteiger partial charge in [-0.05, 0) is 24.1 Å². The summed E-state index contributed by atoms with van der Waals surface area (Å²) in [7, 11) is 1.63. The summed E-state index contributed by atoms with van der Waals surface area (Å²) >= 11 is 0. The smallest absolute Gasteiger partial charge is 0.303 e. The maximum atomic E-state index is 10.5. The number of hydrogen-bond acceptors (Lipinski definition) is 4. The molecule has 0 radical (unpaired) electrons. The molecule has 0 aromatic heterocycles. The van der Waals surface area contributed by atoms with Crippen LogP contribution in [0.1, 0.15) is 18.4 Å². The number of hydrogen-bond donors (Lipinski definition) is 1. The quantitative estimate of drug-likeness (QED) is 0.851. The zero-order chi connectivity index (χ0) is 13.7. The molecule has 5 nitrogen and oxygen atoms in total. The van der Waals surface area contributed by atoms with Crippen molar-refractivity contribution in [2.75, 3.05) is 13.7 Å². The molecule has 5 heteroatoms. The fourth-order valence-corrected chi connectivity index (χ4v) is 2.04. The molecule has 1 saturated heterocycles. The highest BCUT2D eigenvalue weighted by Crippen LogP contribution is 2.21. The minimum Gasteiger partial charge on any atom is -0.497 e. The third-order valence-electron chi connectivity index (χ3n) is 3.03. The SMILES string of the molecule is COc1cccc(CC2OCC(CCC(=O)O)O2)c1. The van der Waals surface area contributed by atoms with Crippen LogP contribution in [-0.2, 0) is 20.7 Å². The second-order valence-corrected chi connectivity index (χ2v) is 4.51. The van der Waals surface area contributed by atoms with E-state index in [4.69, 9.17) is 19.3 Å². The number of benzene rings is 1. The molecular formula is C14H18O5. The molecule has 1 N–H and O–H groups in total. The predicted octanol–water partition coefficient (Wildman–Crippen LogP) is 1.84. The fourth-order valence-electron chi connectivity index (χ4n) is 2.04. The molecule has 2 atom stereocenters. The summed E-state index contributed by atoms with van der Waals surface area (Å²) in [6.07, 6.45) is 0.822. The molecule has 1 fully saturated rings. The maximum absolute atomic E-state index is 10.5. The first-order valence-electron chi connectivity index (χ1n) is 6.29. The first kappa shape index (κ1) is 13.8. The van der Waals surface area contributed by atoms with Gasteiger partial charge in [-0.3, -0.25) is 4.79 Å². The van der Waals surface area contributed by atoms with E-state index in [9.17, 15) is 4.79 Å². The first-order valence-corrected chi connectivity index (χ1v) is 6.29. The summed E-state index contributed by atoms with van der Waals surface area (Å²) in [5.74, 6) is -0.00206. The highest BCUT2D eigenvalue weighted by Gasteiger charge is 2.26. The molecule has 104 valence electrons. The van der Waals surface area contributed by atoms with Crippen LogP contribution in [0.5, 0.6) is 5.75 Å². The third kappa shape index (κ3) is 4.22. The van der Waals surface area contributed by atoms with Gasteiger partial charge >= 0.3 is 5.97 Å². The summed E-state index contributed by atoms with van der Waals surface area (Å²) < 4.78 is 16.3. The van der Waals surface area contributed by atoms with Gasteiger partial charge in [0.1, 0.15) is 5.75 Å². The van der Waals surface area contributed by atoms with Crippen LogP contribution in [0.4, 0.5) is 0 Å². The highest BCUT2D eigenvalue weighted by molar-refractivity contribution is 5.66. The van der Waals surface area contributed by atoms with Crippen LogP contribution in [0, 0.1) is 0 Å². The Balaban J connectivity index is 1.82. The van der Waals surface area contributed by atoms with Crippen molar-refractivity contribution in [1.82, 2.24) is 0 Å². The molecule has 2 unspecified atom stereocenters. The van der Waals surface area contributed by atoms with Crippen LogP contribution >= 0.6 is 0 Å². The second kappa shape index (κ2) is 6.54. The Kier molecular flexibility index (Phi) is 4.76. The Bertz CT molecular complexity index is 432. The van der Waals surface area contributed by atoms with Gasteiger partial charge in [-0.25, -0.2) is 0 Å². The third-order valence-corrected chi connectivity index (χ3v) is 3.03. The zero-order valence-corrected chi connectivity index (χ0v) is 10.9. The van der Waals surface area contributed by atoms with Gasteiger partial charge in [0, 0.05) is 12.8 Å². The van der Waals surface area contributed by atoms with Crippen LogP contribution in [-0.4, -0.2) is 37.2 Å². The van der Waals surface area contributed by atoms with Gasteiger partial charge in [0.15, 0.2) is 6.29 Å². The van der Waals surface area contributed by atoms with Gasteiger partial charge in [-0.2, -0.15) is 0 Å². The number of carboxylic acids is 1. The van der Waals surface area contributed by atoms with Gasteiger partial charge in [0.25, 0.3) is 0 Å². The molecule has 0 spiro atoms. The van der Waals surface area contributed by atoms with Gasteiger partial charge in [-0.1, -0.05) is 12.1 Å². The number of ether oxygens (including phenoxy) is 3. The van der Waals surface area contributed by atoms with Crippen molar-refractivity contribution in [1.29, 1.82) is 0 Å². The van der Waals surface area contributed by atoms with E-state index in [1.54, 1.807) is 7.11 Å². The molecule has 2 rings (SSSR count). The lowest BCUT2D eigenvalue weighted by Gasteiger charge is -2.11. The molecule has 19 heavy (non-hydrogen) atoms. The van der Waals surface area contributed by atoms with Gasteiger partial charge in [0.05, 0.1) is 19.8 Å². The normalized spacial score (nSPS) is 22.4. The Hall–Kier alpha value is -1.59. The largest absolute Gasteiger partial charge is 0.497 e. The number of carbonyl (C=O) groups is 1. The standard InChI is InChI=1S/C14H18O5/c1-17-11-4-2-3-10(7-11)8-14-18-9-12(19-14)5-6-13(15)16/h2-4,7,12,14H,5-6,8-9H2,1H3,(H,15,16). The van der Waals surface area contributed by atoms with E-state index >= 15 is 0 Å². The number of aliphatic carboxylic acids is 1. The molecule has 1 aromatic carbocycles. The van der Waals surface area contributed by atoms with Crippen molar-refractivity contribution in [3.05, 3.63) is 29.8 Å². The van der Waals surface area contributed by atoms with Crippen molar-refractivity contribution in [2.45, 2.75) is 31.7 Å². The van der Waals surface area contributed by atoms with Crippen LogP contribution in [0.25, 0.3) is 0 Å². The fraction of sp³-hybridized carbons (Fsp3) is 0.500. The Morgan fingerprint density at radius 2 is 2.37 bits per heavy atom. The lowest BCUT2D eigenvalue weighted by molar-refractivity contribution is -0.137. The molecular weight excluding hydrogens is 248 g/mol. The first-order chi connectivity index (χ1) is 9.17. The molecule has 0 aliphatic carbocycles. The van der Waals surface area contributed by atoms with E-state index in [0.717, 1.165) is 11.3 Å². The van der Waals surface area contributed by atoms with Crippen molar-refractivity contribution in [2.24, 2.45) is 0 Å². The second-order valence-electron chi connectivity index (χ2n) is 4.51. The zero-order valence-electron chi connectivity index (χ0n) is 10.9. The predicted molar refractivity (Wildman–Crippen MR) is 68.2 cm³/mol. The molecule has 1 heterocycles. The average molecular weight is 266 g/mol. The topological polar surface area (TPSA) is 65.0 Å². The van der Waals surface area contributed by atoms with Gasteiger partial charge in [-0.15, -0.1) is 0 Å². The van der Waals surface area contributed by atoms with Gasteiger partial charge in [0.2, 0.25) is 0 Å². The van der Waals surface area contributed by atoms with Crippen molar-refractivity contribution in [3.8, 4) is 5.75 Å². The molecule has 1 aliphatic heterocycles. The number of methoxy groups -OCH3 is 1. The van der Waals surface area contributed by atoms with Crippen LogP contribution in [0.15, 0.2) is 24.3 Å². The minimum absolute atomic E-state index is 0.111. The molecule has 0 saturated carbocycles. The van der Waals surface area contributed by atoms with E-state index < -0.39 is 5.97 Å². The monoisotopic (exact) mass is 266 g/mol. The van der Waals surface area contributed by atoms with E-state index in [-0.39, 0.29) is 18.8 Å². The van der Waals surface area contributed by atoms with E-state index in [2.05, 4.69) is 0 Å². The molecule has 1 aliphatic rings. The van der Waals surface area contributed by atoms with Crippen molar-refractivity contribution >= 4 is 5.97 Å². The van der Waals surface area contributed by atoms with Gasteiger partial charge < -0.3 is 19.3 Å². The van der Waals surface area contributed by atoms with Crippen molar-refractivity contribution < 1.29 is 24.1 Å². The molecule has 0 amide bonds.